The molecule has 0 spiro atoms. The topological polar surface area (TPSA) is 29.5 Å². The summed E-state index contributed by atoms with van der Waals surface area (Å²) in [7, 11) is 0. The fourth-order valence-corrected chi connectivity index (χ4v) is 2.18. The summed E-state index contributed by atoms with van der Waals surface area (Å²) < 4.78 is 5.45. The molecular formula is C13H18O2. The van der Waals surface area contributed by atoms with Gasteiger partial charge in [-0.25, -0.2) is 0 Å². The van der Waals surface area contributed by atoms with Crippen molar-refractivity contribution in [1.82, 2.24) is 0 Å². The molecule has 1 fully saturated rings. The Kier molecular flexibility index (Phi) is 2.81. The second-order valence-corrected chi connectivity index (χ2v) is 4.97. The number of hydrogen-bond acceptors (Lipinski definition) is 2. The van der Waals surface area contributed by atoms with Crippen LogP contribution in [0.5, 0.6) is 0 Å². The molecule has 2 heteroatoms. The highest BCUT2D eigenvalue weighted by atomic mass is 16.5. The number of ether oxygens (including phenoxy) is 1. The Bertz CT molecular complexity index is 319. The van der Waals surface area contributed by atoms with Gasteiger partial charge < -0.3 is 9.84 Å². The van der Waals surface area contributed by atoms with Gasteiger partial charge in [-0.15, -0.1) is 0 Å². The van der Waals surface area contributed by atoms with E-state index < -0.39 is 6.10 Å². The van der Waals surface area contributed by atoms with Crippen molar-refractivity contribution in [2.75, 3.05) is 13.2 Å². The van der Waals surface area contributed by atoms with E-state index in [-0.39, 0.29) is 11.3 Å². The molecule has 0 amide bonds. The number of aliphatic hydroxyl groups excluding tert-OH is 1. The Labute approximate surface area is 90.9 Å². The minimum Gasteiger partial charge on any atom is -0.388 e. The minimum absolute atomic E-state index is 0.0647. The van der Waals surface area contributed by atoms with Crippen molar-refractivity contribution in [1.29, 1.82) is 0 Å². The molecule has 0 aliphatic carbocycles. The summed E-state index contributed by atoms with van der Waals surface area (Å²) in [5.41, 5.74) is 1.05. The molecule has 0 bridgehead atoms. The number of rotatable bonds is 2. The lowest BCUT2D eigenvalue weighted by Gasteiger charge is -2.29. The molecular weight excluding hydrogens is 188 g/mol. The molecule has 2 atom stereocenters. The van der Waals surface area contributed by atoms with Crippen LogP contribution in [-0.2, 0) is 4.74 Å². The smallest absolute Gasteiger partial charge is 0.0846 e. The molecule has 1 aromatic carbocycles. The van der Waals surface area contributed by atoms with E-state index in [1.54, 1.807) is 0 Å². The standard InChI is InChI=1S/C13H18O2/c1-13(2)9-15-8-11(13)12(14)10-6-4-3-5-7-10/h3-7,11-12,14H,8-9H2,1-2H3. The number of hydrogen-bond donors (Lipinski definition) is 1. The van der Waals surface area contributed by atoms with Gasteiger partial charge in [0.2, 0.25) is 0 Å². The van der Waals surface area contributed by atoms with Crippen LogP contribution in [0.15, 0.2) is 30.3 Å². The van der Waals surface area contributed by atoms with Crippen LogP contribution in [0.4, 0.5) is 0 Å². The van der Waals surface area contributed by atoms with Gasteiger partial charge >= 0.3 is 0 Å². The predicted molar refractivity (Wildman–Crippen MR) is 59.5 cm³/mol. The van der Waals surface area contributed by atoms with E-state index >= 15 is 0 Å². The van der Waals surface area contributed by atoms with Gasteiger partial charge in [0.25, 0.3) is 0 Å². The van der Waals surface area contributed by atoms with E-state index in [0.29, 0.717) is 6.61 Å². The summed E-state index contributed by atoms with van der Waals surface area (Å²) in [6.07, 6.45) is -0.413. The molecule has 1 aliphatic rings. The van der Waals surface area contributed by atoms with E-state index in [1.807, 2.05) is 30.3 Å². The monoisotopic (exact) mass is 206 g/mol. The van der Waals surface area contributed by atoms with Gasteiger partial charge in [-0.05, 0) is 11.0 Å². The van der Waals surface area contributed by atoms with Crippen LogP contribution in [0.25, 0.3) is 0 Å². The average molecular weight is 206 g/mol. The van der Waals surface area contributed by atoms with Crippen molar-refractivity contribution in [3.8, 4) is 0 Å². The molecule has 2 rings (SSSR count). The van der Waals surface area contributed by atoms with Gasteiger partial charge in [0.15, 0.2) is 0 Å². The van der Waals surface area contributed by atoms with E-state index in [9.17, 15) is 5.11 Å². The normalized spacial score (nSPS) is 26.5. The van der Waals surface area contributed by atoms with Gasteiger partial charge in [0, 0.05) is 5.92 Å². The average Bonchev–Trinajstić information content (AvgIpc) is 2.58. The summed E-state index contributed by atoms with van der Waals surface area (Å²) in [5, 5.41) is 10.3. The largest absolute Gasteiger partial charge is 0.388 e. The van der Waals surface area contributed by atoms with E-state index in [4.69, 9.17) is 4.74 Å². The van der Waals surface area contributed by atoms with Gasteiger partial charge in [-0.3, -0.25) is 0 Å². The zero-order valence-electron chi connectivity index (χ0n) is 9.31. The minimum atomic E-state index is -0.413. The fraction of sp³-hybridized carbons (Fsp3) is 0.538. The molecule has 1 saturated heterocycles. The first-order chi connectivity index (χ1) is 7.11. The van der Waals surface area contributed by atoms with E-state index in [2.05, 4.69) is 13.8 Å². The van der Waals surface area contributed by atoms with E-state index in [1.165, 1.54) is 0 Å². The van der Waals surface area contributed by atoms with Crippen LogP contribution >= 0.6 is 0 Å². The van der Waals surface area contributed by atoms with Gasteiger partial charge in [0.1, 0.15) is 0 Å². The highest BCUT2D eigenvalue weighted by Crippen LogP contribution is 2.41. The molecule has 0 aromatic heterocycles. The molecule has 2 nitrogen and oxygen atoms in total. The Morgan fingerprint density at radius 3 is 2.53 bits per heavy atom. The Hall–Kier alpha value is -0.860. The van der Waals surface area contributed by atoms with Crippen molar-refractivity contribution in [2.24, 2.45) is 11.3 Å². The maximum atomic E-state index is 10.3. The first kappa shape index (κ1) is 10.7. The van der Waals surface area contributed by atoms with Crippen molar-refractivity contribution in [2.45, 2.75) is 20.0 Å². The highest BCUT2D eigenvalue weighted by Gasteiger charge is 2.40. The first-order valence-electron chi connectivity index (χ1n) is 5.42. The Morgan fingerprint density at radius 1 is 1.33 bits per heavy atom. The van der Waals surface area contributed by atoms with Crippen molar-refractivity contribution in [3.05, 3.63) is 35.9 Å². The molecule has 1 aliphatic heterocycles. The Morgan fingerprint density at radius 2 is 2.00 bits per heavy atom. The Balaban J connectivity index is 2.18. The lowest BCUT2D eigenvalue weighted by Crippen LogP contribution is -2.27. The summed E-state index contributed by atoms with van der Waals surface area (Å²) in [6, 6.07) is 9.83. The fourth-order valence-electron chi connectivity index (χ4n) is 2.18. The SMILES string of the molecule is CC1(C)COCC1C(O)c1ccccc1. The molecule has 82 valence electrons. The van der Waals surface area contributed by atoms with Crippen LogP contribution in [0.3, 0.4) is 0 Å². The molecule has 1 heterocycles. The maximum absolute atomic E-state index is 10.3. The molecule has 1 N–H and O–H groups in total. The van der Waals surface area contributed by atoms with Crippen LogP contribution in [0.1, 0.15) is 25.5 Å². The van der Waals surface area contributed by atoms with Crippen molar-refractivity contribution < 1.29 is 9.84 Å². The van der Waals surface area contributed by atoms with Crippen molar-refractivity contribution >= 4 is 0 Å². The lowest BCUT2D eigenvalue weighted by molar-refractivity contribution is 0.0614. The van der Waals surface area contributed by atoms with Gasteiger partial charge in [-0.1, -0.05) is 44.2 Å². The maximum Gasteiger partial charge on any atom is 0.0846 e. The highest BCUT2D eigenvalue weighted by molar-refractivity contribution is 5.19. The second kappa shape index (κ2) is 3.95. The number of aliphatic hydroxyl groups is 1. The zero-order valence-corrected chi connectivity index (χ0v) is 9.31. The van der Waals surface area contributed by atoms with Crippen LogP contribution < -0.4 is 0 Å². The molecule has 15 heavy (non-hydrogen) atoms. The second-order valence-electron chi connectivity index (χ2n) is 4.97. The summed E-state index contributed by atoms with van der Waals surface area (Å²) in [6.45, 7) is 5.69. The molecule has 0 saturated carbocycles. The summed E-state index contributed by atoms with van der Waals surface area (Å²) in [4.78, 5) is 0. The quantitative estimate of drug-likeness (QED) is 0.805. The van der Waals surface area contributed by atoms with Gasteiger partial charge in [0.05, 0.1) is 19.3 Å². The van der Waals surface area contributed by atoms with Crippen LogP contribution in [0.2, 0.25) is 0 Å². The first-order valence-corrected chi connectivity index (χ1v) is 5.42. The third kappa shape index (κ3) is 2.06. The summed E-state index contributed by atoms with van der Waals surface area (Å²) >= 11 is 0. The summed E-state index contributed by atoms with van der Waals surface area (Å²) in [5.74, 6) is 0.194. The molecule has 0 radical (unpaired) electrons. The van der Waals surface area contributed by atoms with Gasteiger partial charge in [-0.2, -0.15) is 0 Å². The lowest BCUT2D eigenvalue weighted by atomic mass is 9.77. The third-order valence-electron chi connectivity index (χ3n) is 3.30. The predicted octanol–water partition coefficient (Wildman–Crippen LogP) is 2.39. The van der Waals surface area contributed by atoms with Crippen molar-refractivity contribution in [3.63, 3.8) is 0 Å². The zero-order chi connectivity index (χ0) is 10.9. The van der Waals surface area contributed by atoms with E-state index in [0.717, 1.165) is 12.2 Å². The molecule has 2 unspecified atom stereocenters. The van der Waals surface area contributed by atoms with Crippen LogP contribution in [-0.4, -0.2) is 18.3 Å². The number of benzene rings is 1. The van der Waals surface area contributed by atoms with Crippen LogP contribution in [0, 0.1) is 11.3 Å². The molecule has 1 aromatic rings. The third-order valence-corrected chi connectivity index (χ3v) is 3.30.